The number of alkyl halides is 8. The van der Waals surface area contributed by atoms with Crippen molar-refractivity contribution in [3.63, 3.8) is 0 Å². The van der Waals surface area contributed by atoms with Crippen LogP contribution in [0.2, 0.25) is 0 Å². The molecule has 0 saturated heterocycles. The van der Waals surface area contributed by atoms with E-state index in [-0.39, 0.29) is 17.0 Å². The Balaban J connectivity index is 1.94. The van der Waals surface area contributed by atoms with Gasteiger partial charge in [-0.15, -0.1) is 0 Å². The van der Waals surface area contributed by atoms with Crippen molar-refractivity contribution in [3.05, 3.63) is 89.5 Å². The normalized spacial score (nSPS) is 13.4. The van der Waals surface area contributed by atoms with Gasteiger partial charge >= 0.3 is 18.3 Å². The van der Waals surface area contributed by atoms with Crippen LogP contribution in [0.25, 0.3) is 0 Å². The van der Waals surface area contributed by atoms with E-state index < -0.39 is 43.0 Å². The Hall–Kier alpha value is -3.34. The summed E-state index contributed by atoms with van der Waals surface area (Å²) >= 11 is 0. The van der Waals surface area contributed by atoms with Crippen molar-refractivity contribution in [2.75, 3.05) is 11.4 Å². The first-order chi connectivity index (χ1) is 17.2. The molecule has 0 unspecified atom stereocenters. The van der Waals surface area contributed by atoms with E-state index in [2.05, 4.69) is 0 Å². The number of hydrogen-bond donors (Lipinski definition) is 1. The maximum atomic E-state index is 13.8. The molecule has 0 aliphatic rings. The fourth-order valence-electron chi connectivity index (χ4n) is 3.53. The van der Waals surface area contributed by atoms with Gasteiger partial charge in [-0.05, 0) is 47.9 Å². The molecule has 0 fully saturated rings. The highest BCUT2D eigenvalue weighted by atomic mass is 19.4. The number of halogens is 8. The van der Waals surface area contributed by atoms with E-state index in [0.717, 1.165) is 23.0 Å². The summed E-state index contributed by atoms with van der Waals surface area (Å²) in [4.78, 5) is 1.03. The lowest BCUT2D eigenvalue weighted by Gasteiger charge is -2.29. The van der Waals surface area contributed by atoms with E-state index in [1.54, 1.807) is 24.3 Å². The van der Waals surface area contributed by atoms with Gasteiger partial charge in [0, 0.05) is 23.9 Å². The Morgan fingerprint density at radius 2 is 1.38 bits per heavy atom. The van der Waals surface area contributed by atoms with E-state index in [1.807, 2.05) is 13.0 Å². The summed E-state index contributed by atoms with van der Waals surface area (Å²) in [5.74, 6) is -4.44. The van der Waals surface area contributed by atoms with Crippen molar-refractivity contribution >= 4 is 5.69 Å². The molecule has 37 heavy (non-hydrogen) atoms. The van der Waals surface area contributed by atoms with Crippen molar-refractivity contribution in [1.82, 2.24) is 0 Å². The van der Waals surface area contributed by atoms with Crippen LogP contribution in [0, 0.1) is 0 Å². The first kappa shape index (κ1) is 28.2. The maximum Gasteiger partial charge on any atom is 0.458 e. The van der Waals surface area contributed by atoms with Gasteiger partial charge in [0.05, 0.1) is 6.54 Å². The van der Waals surface area contributed by atoms with Crippen molar-refractivity contribution in [1.29, 1.82) is 0 Å². The number of aryl methyl sites for hydroxylation is 1. The number of anilines is 1. The number of benzene rings is 3. The number of aliphatic hydroxyl groups excluding tert-OH is 1. The second-order valence-electron chi connectivity index (χ2n) is 8.31. The molecule has 3 rings (SSSR count). The molecule has 0 amide bonds. The van der Waals surface area contributed by atoms with E-state index in [1.165, 1.54) is 24.3 Å². The minimum atomic E-state index is -5.85. The summed E-state index contributed by atoms with van der Waals surface area (Å²) in [6.07, 6.45) is -12.9. The van der Waals surface area contributed by atoms with Gasteiger partial charge in [-0.1, -0.05) is 43.3 Å². The molecule has 0 spiro atoms. The number of hydrogen-bond acceptors (Lipinski definition) is 3. The standard InChI is InChI=1S/C26H23F8NO2/c1-2-17-6-4-10-21(13-17)37-22-11-5-9-20(14-22)35(16-23(36)25(29,30)31)15-18-7-3-8-19(12-18)24(27,28)26(32,33)34/h3-14,23,36H,2,15-16H2,1H3/t23-/m1/s1. The average molecular weight is 533 g/mol. The van der Waals surface area contributed by atoms with Gasteiger partial charge in [0.25, 0.3) is 0 Å². The predicted molar refractivity (Wildman–Crippen MR) is 122 cm³/mol. The Morgan fingerprint density at radius 3 is 2.00 bits per heavy atom. The zero-order valence-corrected chi connectivity index (χ0v) is 19.5. The van der Waals surface area contributed by atoms with E-state index in [0.29, 0.717) is 17.9 Å². The highest BCUT2D eigenvalue weighted by molar-refractivity contribution is 5.52. The van der Waals surface area contributed by atoms with E-state index in [4.69, 9.17) is 4.74 Å². The zero-order valence-electron chi connectivity index (χ0n) is 19.5. The highest BCUT2D eigenvalue weighted by Gasteiger charge is 2.58. The van der Waals surface area contributed by atoms with Gasteiger partial charge in [0.2, 0.25) is 0 Å². The van der Waals surface area contributed by atoms with Crippen LogP contribution in [0.1, 0.15) is 23.6 Å². The molecular weight excluding hydrogens is 510 g/mol. The maximum absolute atomic E-state index is 13.8. The molecule has 0 bridgehead atoms. The molecule has 0 aromatic heterocycles. The Labute approximate surface area is 207 Å². The van der Waals surface area contributed by atoms with Crippen LogP contribution in [-0.2, 0) is 18.9 Å². The van der Waals surface area contributed by atoms with Crippen LogP contribution in [0.15, 0.2) is 72.8 Å². The summed E-state index contributed by atoms with van der Waals surface area (Å²) in [6.45, 7) is 0.449. The Bertz CT molecular complexity index is 1190. The van der Waals surface area contributed by atoms with Crippen LogP contribution in [0.3, 0.4) is 0 Å². The lowest BCUT2D eigenvalue weighted by molar-refractivity contribution is -0.289. The lowest BCUT2D eigenvalue weighted by Crippen LogP contribution is -2.41. The SMILES string of the molecule is CCc1cccc(Oc2cccc(N(Cc3cccc(C(F)(F)C(F)(F)F)c3)C[C@@H](O)C(F)(F)F)c2)c1. The first-order valence-corrected chi connectivity index (χ1v) is 11.1. The fraction of sp³-hybridized carbons (Fsp3) is 0.308. The molecule has 0 aliphatic carbocycles. The Kier molecular flexibility index (Phi) is 8.36. The largest absolute Gasteiger partial charge is 0.458 e. The third-order valence-electron chi connectivity index (χ3n) is 5.52. The van der Waals surface area contributed by atoms with Gasteiger partial charge in [-0.25, -0.2) is 0 Å². The summed E-state index contributed by atoms with van der Waals surface area (Å²) in [5, 5.41) is 9.68. The molecule has 11 heteroatoms. The molecule has 1 N–H and O–H groups in total. The summed E-state index contributed by atoms with van der Waals surface area (Å²) in [6, 6.07) is 16.3. The molecule has 0 heterocycles. The molecular formula is C26H23F8NO2. The minimum Gasteiger partial charge on any atom is -0.457 e. The molecule has 200 valence electrons. The summed E-state index contributed by atoms with van der Waals surface area (Å²) in [7, 11) is 0. The minimum absolute atomic E-state index is 0.113. The molecule has 0 radical (unpaired) electrons. The number of nitrogens with zero attached hydrogens (tertiary/aromatic N) is 1. The molecule has 0 saturated carbocycles. The van der Waals surface area contributed by atoms with E-state index in [9.17, 15) is 40.2 Å². The van der Waals surface area contributed by atoms with Gasteiger partial charge in [0.15, 0.2) is 6.10 Å². The van der Waals surface area contributed by atoms with Gasteiger partial charge in [-0.3, -0.25) is 0 Å². The van der Waals surface area contributed by atoms with Gasteiger partial charge < -0.3 is 14.7 Å². The van der Waals surface area contributed by atoms with Crippen LogP contribution in [0.4, 0.5) is 40.8 Å². The summed E-state index contributed by atoms with van der Waals surface area (Å²) in [5.41, 5.74) is -0.348. The van der Waals surface area contributed by atoms with Gasteiger partial charge in [0.1, 0.15) is 11.5 Å². The zero-order chi connectivity index (χ0) is 27.4. The summed E-state index contributed by atoms with van der Waals surface area (Å²) < 4.78 is 111. The van der Waals surface area contributed by atoms with Crippen LogP contribution < -0.4 is 9.64 Å². The van der Waals surface area contributed by atoms with Crippen molar-refractivity contribution in [2.45, 2.75) is 44.3 Å². The molecule has 3 nitrogen and oxygen atoms in total. The smallest absolute Gasteiger partial charge is 0.457 e. The highest BCUT2D eigenvalue weighted by Crippen LogP contribution is 2.44. The average Bonchev–Trinajstić information content (AvgIpc) is 2.82. The monoisotopic (exact) mass is 533 g/mol. The number of rotatable bonds is 9. The molecule has 3 aromatic rings. The topological polar surface area (TPSA) is 32.7 Å². The number of ether oxygens (including phenoxy) is 1. The molecule has 3 aromatic carbocycles. The number of aliphatic hydroxyl groups is 1. The van der Waals surface area contributed by atoms with Gasteiger partial charge in [-0.2, -0.15) is 35.1 Å². The van der Waals surface area contributed by atoms with Crippen LogP contribution in [0.5, 0.6) is 11.5 Å². The van der Waals surface area contributed by atoms with Crippen molar-refractivity contribution < 1.29 is 45.0 Å². The van der Waals surface area contributed by atoms with E-state index >= 15 is 0 Å². The molecule has 1 atom stereocenters. The predicted octanol–water partition coefficient (Wildman–Crippen LogP) is 7.63. The van der Waals surface area contributed by atoms with Crippen LogP contribution in [-0.4, -0.2) is 30.1 Å². The second-order valence-corrected chi connectivity index (χ2v) is 8.31. The third kappa shape index (κ3) is 7.12. The third-order valence-corrected chi connectivity index (χ3v) is 5.52. The Morgan fingerprint density at radius 1 is 0.784 bits per heavy atom. The van der Waals surface area contributed by atoms with Crippen molar-refractivity contribution in [3.8, 4) is 11.5 Å². The molecule has 0 aliphatic heterocycles. The second kappa shape index (κ2) is 11.0. The quantitative estimate of drug-likeness (QED) is 0.287. The van der Waals surface area contributed by atoms with Crippen molar-refractivity contribution in [2.24, 2.45) is 0 Å². The fourth-order valence-corrected chi connectivity index (χ4v) is 3.53. The first-order valence-electron chi connectivity index (χ1n) is 11.1. The lowest BCUT2D eigenvalue weighted by atomic mass is 10.0. The van der Waals surface area contributed by atoms with Crippen LogP contribution >= 0.6 is 0 Å².